The first kappa shape index (κ1) is 20.3. The van der Waals surface area contributed by atoms with Gasteiger partial charge in [-0.1, -0.05) is 12.2 Å². The molecule has 0 spiro atoms. The summed E-state index contributed by atoms with van der Waals surface area (Å²) in [5.41, 5.74) is 0. The fraction of sp³-hybridized carbons (Fsp3) is 0.444. The molecular formula is C18H22O7. The van der Waals surface area contributed by atoms with Crippen LogP contribution < -0.4 is 0 Å². The Bertz CT molecular complexity index is 588. The zero-order valence-electron chi connectivity index (χ0n) is 14.3. The number of carbonyl (C=O) groups is 4. The highest BCUT2D eigenvalue weighted by atomic mass is 16.6. The number of ether oxygens (including phenoxy) is 3. The summed E-state index contributed by atoms with van der Waals surface area (Å²) in [6.07, 6.45) is 4.29. The monoisotopic (exact) mass is 350 g/mol. The standard InChI is InChI=1S/C18H22O7/c1-4-6-14-11-18(22)23-12(2)7-5-8-16(20)24-13(3)15(19)9-10-17(21)25-14/h4-5,8-10,12-14H,1,6-7,11H2,2-3H3/b8-5+,10-9+/t12-,13-,14+/m0/s1. The van der Waals surface area contributed by atoms with Gasteiger partial charge >= 0.3 is 17.9 Å². The summed E-state index contributed by atoms with van der Waals surface area (Å²) in [6.45, 7) is 6.62. The highest BCUT2D eigenvalue weighted by molar-refractivity contribution is 5.99. The summed E-state index contributed by atoms with van der Waals surface area (Å²) in [5, 5.41) is 0. The van der Waals surface area contributed by atoms with Crippen LogP contribution in [-0.2, 0) is 33.4 Å². The molecule has 3 atom stereocenters. The zero-order chi connectivity index (χ0) is 18.8. The Hall–Kier alpha value is -2.70. The van der Waals surface area contributed by atoms with Gasteiger partial charge in [0.2, 0.25) is 0 Å². The largest absolute Gasteiger partial charge is 0.462 e. The Morgan fingerprint density at radius 1 is 1.04 bits per heavy atom. The lowest BCUT2D eigenvalue weighted by atomic mass is 10.2. The molecule has 1 aliphatic heterocycles. The lowest BCUT2D eigenvalue weighted by Gasteiger charge is -2.17. The third kappa shape index (κ3) is 8.10. The van der Waals surface area contributed by atoms with Gasteiger partial charge in [-0.15, -0.1) is 6.58 Å². The Morgan fingerprint density at radius 3 is 2.40 bits per heavy atom. The van der Waals surface area contributed by atoms with Gasteiger partial charge in [-0.2, -0.15) is 0 Å². The zero-order valence-corrected chi connectivity index (χ0v) is 14.3. The van der Waals surface area contributed by atoms with Gasteiger partial charge in [-0.25, -0.2) is 9.59 Å². The fourth-order valence-electron chi connectivity index (χ4n) is 1.98. The lowest BCUT2D eigenvalue weighted by molar-refractivity contribution is -0.154. The minimum atomic E-state index is -1.03. The first-order chi connectivity index (χ1) is 11.8. The van der Waals surface area contributed by atoms with Crippen molar-refractivity contribution in [2.24, 2.45) is 0 Å². The van der Waals surface area contributed by atoms with Crippen LogP contribution in [0.1, 0.15) is 33.1 Å². The second-order valence-corrected chi connectivity index (χ2v) is 5.54. The number of esters is 3. The summed E-state index contributed by atoms with van der Waals surface area (Å²) in [5.74, 6) is -2.58. The molecule has 1 rings (SSSR count). The van der Waals surface area contributed by atoms with Crippen LogP contribution in [0.15, 0.2) is 37.0 Å². The minimum Gasteiger partial charge on any atom is -0.462 e. The molecule has 0 aliphatic carbocycles. The number of ketones is 1. The van der Waals surface area contributed by atoms with Gasteiger partial charge in [0.25, 0.3) is 0 Å². The number of hydrogen-bond donors (Lipinski definition) is 0. The molecule has 0 saturated heterocycles. The van der Waals surface area contributed by atoms with Gasteiger partial charge in [0.05, 0.1) is 6.42 Å². The highest BCUT2D eigenvalue weighted by Crippen LogP contribution is 2.10. The predicted molar refractivity (Wildman–Crippen MR) is 88.3 cm³/mol. The molecule has 0 aromatic rings. The van der Waals surface area contributed by atoms with E-state index in [0.717, 1.165) is 12.2 Å². The number of carbonyl (C=O) groups excluding carboxylic acids is 4. The molecule has 0 fully saturated rings. The van der Waals surface area contributed by atoms with Crippen LogP contribution in [0.5, 0.6) is 0 Å². The minimum absolute atomic E-state index is 0.133. The average molecular weight is 350 g/mol. The molecule has 0 unspecified atom stereocenters. The Kier molecular flexibility index (Phi) is 8.32. The summed E-state index contributed by atoms with van der Waals surface area (Å²) >= 11 is 0. The van der Waals surface area contributed by atoms with Crippen molar-refractivity contribution in [3.8, 4) is 0 Å². The van der Waals surface area contributed by atoms with Gasteiger partial charge < -0.3 is 14.2 Å². The molecule has 0 bridgehead atoms. The maximum atomic E-state index is 11.9. The van der Waals surface area contributed by atoms with E-state index in [9.17, 15) is 19.2 Å². The topological polar surface area (TPSA) is 96.0 Å². The van der Waals surface area contributed by atoms with Crippen molar-refractivity contribution in [1.82, 2.24) is 0 Å². The molecule has 0 N–H and O–H groups in total. The van der Waals surface area contributed by atoms with Gasteiger partial charge in [0.15, 0.2) is 11.9 Å². The van der Waals surface area contributed by atoms with Crippen molar-refractivity contribution in [2.45, 2.75) is 51.4 Å². The molecule has 1 heterocycles. The smallest absolute Gasteiger partial charge is 0.331 e. The number of hydrogen-bond acceptors (Lipinski definition) is 7. The normalized spacial score (nSPS) is 29.1. The molecule has 0 saturated carbocycles. The maximum Gasteiger partial charge on any atom is 0.331 e. The van der Waals surface area contributed by atoms with E-state index in [1.54, 1.807) is 6.92 Å². The van der Waals surface area contributed by atoms with E-state index < -0.39 is 42.0 Å². The maximum absolute atomic E-state index is 11.9. The van der Waals surface area contributed by atoms with Gasteiger partial charge in [0, 0.05) is 25.0 Å². The Balaban J connectivity index is 2.93. The summed E-state index contributed by atoms with van der Waals surface area (Å²) < 4.78 is 15.2. The Morgan fingerprint density at radius 2 is 1.72 bits per heavy atom. The quantitative estimate of drug-likeness (QED) is 0.426. The van der Waals surface area contributed by atoms with Crippen molar-refractivity contribution in [3.05, 3.63) is 37.0 Å². The average Bonchev–Trinajstić information content (AvgIpc) is 2.51. The predicted octanol–water partition coefficient (Wildman–Crippen LogP) is 1.81. The van der Waals surface area contributed by atoms with Gasteiger partial charge in [-0.3, -0.25) is 9.59 Å². The summed E-state index contributed by atoms with van der Waals surface area (Å²) in [7, 11) is 0. The van der Waals surface area contributed by atoms with Gasteiger partial charge in [-0.05, 0) is 19.9 Å². The van der Waals surface area contributed by atoms with Crippen molar-refractivity contribution in [2.75, 3.05) is 0 Å². The van der Waals surface area contributed by atoms with E-state index in [-0.39, 0.29) is 12.8 Å². The van der Waals surface area contributed by atoms with E-state index in [1.165, 1.54) is 25.2 Å². The first-order valence-electron chi connectivity index (χ1n) is 7.92. The molecular weight excluding hydrogens is 328 g/mol. The van der Waals surface area contributed by atoms with Gasteiger partial charge in [0.1, 0.15) is 12.2 Å². The van der Waals surface area contributed by atoms with E-state index in [0.29, 0.717) is 6.42 Å². The van der Waals surface area contributed by atoms with E-state index in [4.69, 9.17) is 14.2 Å². The fourth-order valence-corrected chi connectivity index (χ4v) is 1.98. The third-order valence-electron chi connectivity index (χ3n) is 3.24. The van der Waals surface area contributed by atoms with Crippen LogP contribution in [0.25, 0.3) is 0 Å². The molecule has 7 nitrogen and oxygen atoms in total. The molecule has 7 heteroatoms. The molecule has 0 aromatic carbocycles. The molecule has 1 aliphatic rings. The molecule has 0 amide bonds. The van der Waals surface area contributed by atoms with Crippen molar-refractivity contribution >= 4 is 23.7 Å². The van der Waals surface area contributed by atoms with Crippen LogP contribution in [0, 0.1) is 0 Å². The highest BCUT2D eigenvalue weighted by Gasteiger charge is 2.20. The molecule has 25 heavy (non-hydrogen) atoms. The van der Waals surface area contributed by atoms with Crippen LogP contribution in [-0.4, -0.2) is 42.0 Å². The molecule has 0 radical (unpaired) electrons. The first-order valence-corrected chi connectivity index (χ1v) is 7.92. The van der Waals surface area contributed by atoms with Crippen molar-refractivity contribution < 1.29 is 33.4 Å². The third-order valence-corrected chi connectivity index (χ3v) is 3.24. The second kappa shape index (κ2) is 10.2. The van der Waals surface area contributed by atoms with E-state index in [2.05, 4.69) is 6.58 Å². The SMILES string of the molecule is C=CC[C@@H]1CC(=O)O[C@@H](C)C/C=C/C(=O)O[C@@H](C)C(=O)/C=C/C(=O)O1. The van der Waals surface area contributed by atoms with Crippen molar-refractivity contribution in [3.63, 3.8) is 0 Å². The van der Waals surface area contributed by atoms with Crippen molar-refractivity contribution in [1.29, 1.82) is 0 Å². The van der Waals surface area contributed by atoms with E-state index >= 15 is 0 Å². The molecule has 0 aromatic heterocycles. The van der Waals surface area contributed by atoms with Crippen LogP contribution in [0.4, 0.5) is 0 Å². The number of rotatable bonds is 2. The summed E-state index contributed by atoms with van der Waals surface area (Å²) in [4.78, 5) is 47.1. The number of cyclic esters (lactones) is 3. The Labute approximate surface area is 146 Å². The lowest BCUT2D eigenvalue weighted by Crippen LogP contribution is -2.25. The summed E-state index contributed by atoms with van der Waals surface area (Å²) in [6, 6.07) is 0. The van der Waals surface area contributed by atoms with Crippen LogP contribution in [0.2, 0.25) is 0 Å². The van der Waals surface area contributed by atoms with Crippen LogP contribution >= 0.6 is 0 Å². The second-order valence-electron chi connectivity index (χ2n) is 5.54. The molecule has 136 valence electrons. The van der Waals surface area contributed by atoms with E-state index in [1.807, 2.05) is 0 Å². The van der Waals surface area contributed by atoms with Crippen LogP contribution in [0.3, 0.4) is 0 Å².